The topological polar surface area (TPSA) is 37.3 Å². The number of hydrogen-bond acceptors (Lipinski definition) is 1. The highest BCUT2D eigenvalue weighted by molar-refractivity contribution is 5.70. The van der Waals surface area contributed by atoms with Gasteiger partial charge in [0, 0.05) is 0 Å². The van der Waals surface area contributed by atoms with Gasteiger partial charge in [0.1, 0.15) is 0 Å². The molecule has 66 valence electrons. The molecule has 0 radical (unpaired) electrons. The fourth-order valence-electron chi connectivity index (χ4n) is 1.22. The summed E-state index contributed by atoms with van der Waals surface area (Å²) in [5.74, 6) is -0.869. The molecule has 1 N–H and O–H groups in total. The first kappa shape index (κ1) is 10.5. The average Bonchev–Trinajstić information content (AvgIpc) is 1.79. The first-order chi connectivity index (χ1) is 4.89. The molecule has 0 aromatic rings. The number of carboxylic acid groups (broad SMARTS) is 1. The Labute approximate surface area is 68.6 Å². The van der Waals surface area contributed by atoms with E-state index in [1.54, 1.807) is 0 Å². The van der Waals surface area contributed by atoms with Crippen LogP contribution in [0.4, 0.5) is 0 Å². The van der Waals surface area contributed by atoms with Crippen LogP contribution in [0.1, 0.15) is 40.5 Å². The molecule has 0 amide bonds. The monoisotopic (exact) mass is 158 g/mol. The Morgan fingerprint density at radius 3 is 2.00 bits per heavy atom. The SMILES string of the molecule is CCC[C@@H](C(=O)O)C(C)(C)C. The first-order valence-corrected chi connectivity index (χ1v) is 4.12. The molecule has 11 heavy (non-hydrogen) atoms. The van der Waals surface area contributed by atoms with Crippen LogP contribution >= 0.6 is 0 Å². The highest BCUT2D eigenvalue weighted by Crippen LogP contribution is 2.29. The van der Waals surface area contributed by atoms with Crippen LogP contribution in [0.3, 0.4) is 0 Å². The van der Waals surface area contributed by atoms with Crippen molar-refractivity contribution in [2.45, 2.75) is 40.5 Å². The van der Waals surface area contributed by atoms with Crippen LogP contribution in [-0.4, -0.2) is 11.1 Å². The highest BCUT2D eigenvalue weighted by Gasteiger charge is 2.29. The summed E-state index contributed by atoms with van der Waals surface area (Å²) in [6.07, 6.45) is 1.72. The van der Waals surface area contributed by atoms with Gasteiger partial charge in [0.05, 0.1) is 5.92 Å². The van der Waals surface area contributed by atoms with Gasteiger partial charge in [-0.2, -0.15) is 0 Å². The minimum atomic E-state index is -0.667. The molecule has 0 unspecified atom stereocenters. The average molecular weight is 158 g/mol. The summed E-state index contributed by atoms with van der Waals surface area (Å²) in [4.78, 5) is 10.7. The molecule has 2 heteroatoms. The van der Waals surface area contributed by atoms with Crippen molar-refractivity contribution in [3.63, 3.8) is 0 Å². The number of carboxylic acids is 1. The van der Waals surface area contributed by atoms with E-state index in [1.165, 1.54) is 0 Å². The molecule has 0 aliphatic rings. The summed E-state index contributed by atoms with van der Waals surface area (Å²) in [7, 11) is 0. The van der Waals surface area contributed by atoms with E-state index in [0.29, 0.717) is 0 Å². The largest absolute Gasteiger partial charge is 0.481 e. The molecule has 0 aromatic carbocycles. The lowest BCUT2D eigenvalue weighted by Crippen LogP contribution is -2.28. The normalized spacial score (nSPS) is 14.5. The van der Waals surface area contributed by atoms with Gasteiger partial charge in [-0.05, 0) is 11.8 Å². The fraction of sp³-hybridized carbons (Fsp3) is 0.889. The molecule has 0 aliphatic heterocycles. The van der Waals surface area contributed by atoms with Crippen LogP contribution in [0.5, 0.6) is 0 Å². The zero-order valence-electron chi connectivity index (χ0n) is 7.85. The van der Waals surface area contributed by atoms with Crippen LogP contribution in [0.2, 0.25) is 0 Å². The lowest BCUT2D eigenvalue weighted by molar-refractivity contribution is -0.145. The van der Waals surface area contributed by atoms with Gasteiger partial charge < -0.3 is 5.11 Å². The highest BCUT2D eigenvalue weighted by atomic mass is 16.4. The van der Waals surface area contributed by atoms with Gasteiger partial charge in [0.25, 0.3) is 0 Å². The second-order valence-corrected chi connectivity index (χ2v) is 4.05. The van der Waals surface area contributed by atoms with Crippen molar-refractivity contribution in [3.8, 4) is 0 Å². The summed E-state index contributed by atoms with van der Waals surface area (Å²) in [5, 5.41) is 8.84. The van der Waals surface area contributed by atoms with Gasteiger partial charge in [-0.1, -0.05) is 34.1 Å². The summed E-state index contributed by atoms with van der Waals surface area (Å²) in [5.41, 5.74) is -0.109. The van der Waals surface area contributed by atoms with Crippen molar-refractivity contribution in [2.75, 3.05) is 0 Å². The van der Waals surface area contributed by atoms with E-state index >= 15 is 0 Å². The molecule has 2 nitrogen and oxygen atoms in total. The molecule has 0 bridgehead atoms. The van der Waals surface area contributed by atoms with Gasteiger partial charge in [-0.15, -0.1) is 0 Å². The zero-order chi connectivity index (χ0) is 9.07. The molecule has 0 aromatic heterocycles. The van der Waals surface area contributed by atoms with Crippen LogP contribution in [0.25, 0.3) is 0 Å². The Bertz CT molecular complexity index is 133. The maximum absolute atomic E-state index is 10.7. The lowest BCUT2D eigenvalue weighted by Gasteiger charge is -2.26. The van der Waals surface area contributed by atoms with Crippen LogP contribution in [0, 0.1) is 11.3 Å². The van der Waals surface area contributed by atoms with Gasteiger partial charge in [0.2, 0.25) is 0 Å². The quantitative estimate of drug-likeness (QED) is 0.685. The summed E-state index contributed by atoms with van der Waals surface area (Å²) in [6.45, 7) is 7.94. The summed E-state index contributed by atoms with van der Waals surface area (Å²) < 4.78 is 0. The van der Waals surface area contributed by atoms with Gasteiger partial charge >= 0.3 is 5.97 Å². The third kappa shape index (κ3) is 3.40. The number of carbonyl (C=O) groups is 1. The fourth-order valence-corrected chi connectivity index (χ4v) is 1.22. The van der Waals surface area contributed by atoms with E-state index in [0.717, 1.165) is 12.8 Å². The molecule has 0 spiro atoms. The molecule has 0 fully saturated rings. The number of aliphatic carboxylic acids is 1. The Kier molecular flexibility index (Phi) is 3.56. The predicted molar refractivity (Wildman–Crippen MR) is 45.5 cm³/mol. The van der Waals surface area contributed by atoms with Crippen molar-refractivity contribution in [1.29, 1.82) is 0 Å². The summed E-state index contributed by atoms with van der Waals surface area (Å²) in [6, 6.07) is 0. The Morgan fingerprint density at radius 2 is 1.91 bits per heavy atom. The maximum Gasteiger partial charge on any atom is 0.307 e. The van der Waals surface area contributed by atoms with Crippen LogP contribution < -0.4 is 0 Å². The number of hydrogen-bond donors (Lipinski definition) is 1. The second-order valence-electron chi connectivity index (χ2n) is 4.05. The minimum Gasteiger partial charge on any atom is -0.481 e. The molecular weight excluding hydrogens is 140 g/mol. The molecule has 0 heterocycles. The molecule has 0 rings (SSSR count). The van der Waals surface area contributed by atoms with Crippen LogP contribution in [-0.2, 0) is 4.79 Å². The van der Waals surface area contributed by atoms with Crippen molar-refractivity contribution < 1.29 is 9.90 Å². The van der Waals surface area contributed by atoms with Crippen molar-refractivity contribution in [1.82, 2.24) is 0 Å². The third-order valence-electron chi connectivity index (χ3n) is 1.92. The number of rotatable bonds is 3. The van der Waals surface area contributed by atoms with Crippen molar-refractivity contribution >= 4 is 5.97 Å². The lowest BCUT2D eigenvalue weighted by atomic mass is 9.78. The molecule has 0 saturated heterocycles. The maximum atomic E-state index is 10.7. The molecule has 1 atom stereocenters. The Balaban J connectivity index is 4.22. The zero-order valence-corrected chi connectivity index (χ0v) is 7.85. The van der Waals surface area contributed by atoms with E-state index in [2.05, 4.69) is 0 Å². The van der Waals surface area contributed by atoms with E-state index in [-0.39, 0.29) is 11.3 Å². The van der Waals surface area contributed by atoms with Crippen molar-refractivity contribution in [2.24, 2.45) is 11.3 Å². The van der Waals surface area contributed by atoms with Crippen molar-refractivity contribution in [3.05, 3.63) is 0 Å². The molecule has 0 saturated carbocycles. The van der Waals surface area contributed by atoms with Gasteiger partial charge in [-0.25, -0.2) is 0 Å². The molecular formula is C9H18O2. The van der Waals surface area contributed by atoms with Gasteiger partial charge in [-0.3, -0.25) is 4.79 Å². The molecule has 0 aliphatic carbocycles. The standard InChI is InChI=1S/C9H18O2/c1-5-6-7(8(10)11)9(2,3)4/h7H,5-6H2,1-4H3,(H,10,11)/t7-/m0/s1. The van der Waals surface area contributed by atoms with E-state index < -0.39 is 5.97 Å². The van der Waals surface area contributed by atoms with E-state index in [4.69, 9.17) is 5.11 Å². The minimum absolute atomic E-state index is 0.109. The Morgan fingerprint density at radius 1 is 1.45 bits per heavy atom. The third-order valence-corrected chi connectivity index (χ3v) is 1.92. The van der Waals surface area contributed by atoms with Gasteiger partial charge in [0.15, 0.2) is 0 Å². The second kappa shape index (κ2) is 3.74. The predicted octanol–water partition coefficient (Wildman–Crippen LogP) is 2.53. The van der Waals surface area contributed by atoms with E-state index in [9.17, 15) is 4.79 Å². The van der Waals surface area contributed by atoms with E-state index in [1.807, 2.05) is 27.7 Å². The van der Waals surface area contributed by atoms with Crippen LogP contribution in [0.15, 0.2) is 0 Å². The smallest absolute Gasteiger partial charge is 0.307 e. The first-order valence-electron chi connectivity index (χ1n) is 4.12. The summed E-state index contributed by atoms with van der Waals surface area (Å²) >= 11 is 0. The Hall–Kier alpha value is -0.530.